The Bertz CT molecular complexity index is 1030. The molecule has 1 fully saturated rings. The van der Waals surface area contributed by atoms with E-state index in [0.717, 1.165) is 6.42 Å². The van der Waals surface area contributed by atoms with Crippen molar-refractivity contribution < 1.29 is 28.9 Å². The highest BCUT2D eigenvalue weighted by Crippen LogP contribution is 2.40. The van der Waals surface area contributed by atoms with E-state index >= 15 is 0 Å². The molecule has 0 saturated carbocycles. The molecule has 2 aromatic rings. The van der Waals surface area contributed by atoms with Crippen molar-refractivity contribution in [3.63, 3.8) is 0 Å². The van der Waals surface area contributed by atoms with Crippen molar-refractivity contribution in [1.29, 1.82) is 0 Å². The first-order valence-corrected chi connectivity index (χ1v) is 11.6. The van der Waals surface area contributed by atoms with Crippen molar-refractivity contribution in [2.45, 2.75) is 33.2 Å². The Balaban J connectivity index is 2.03. The zero-order valence-electron chi connectivity index (χ0n) is 20.2. The van der Waals surface area contributed by atoms with E-state index in [1.54, 1.807) is 24.3 Å². The normalized spacial score (nSPS) is 17.4. The number of likely N-dealkylation sites (tertiary alicyclic amines) is 1. The van der Waals surface area contributed by atoms with Gasteiger partial charge in [-0.3, -0.25) is 9.59 Å². The van der Waals surface area contributed by atoms with Crippen molar-refractivity contribution in [2.24, 2.45) is 5.92 Å². The van der Waals surface area contributed by atoms with Gasteiger partial charge in [-0.05, 0) is 42.2 Å². The number of ketones is 1. The first-order chi connectivity index (χ1) is 16.4. The second kappa shape index (κ2) is 11.7. The molecule has 182 valence electrons. The first-order valence-electron chi connectivity index (χ1n) is 11.6. The van der Waals surface area contributed by atoms with Gasteiger partial charge in [0.1, 0.15) is 17.3 Å². The van der Waals surface area contributed by atoms with Gasteiger partial charge in [0, 0.05) is 19.2 Å². The Morgan fingerprint density at radius 1 is 1.03 bits per heavy atom. The monoisotopic (exact) mass is 467 g/mol. The molecule has 0 aliphatic carbocycles. The Morgan fingerprint density at radius 2 is 1.76 bits per heavy atom. The highest BCUT2D eigenvalue weighted by atomic mass is 16.5. The maximum absolute atomic E-state index is 13.1. The summed E-state index contributed by atoms with van der Waals surface area (Å²) in [5, 5.41) is 11.2. The fourth-order valence-corrected chi connectivity index (χ4v) is 3.76. The van der Waals surface area contributed by atoms with E-state index in [0.29, 0.717) is 41.8 Å². The minimum atomic E-state index is -0.741. The van der Waals surface area contributed by atoms with Gasteiger partial charge in [-0.2, -0.15) is 0 Å². The number of aliphatic hydroxyl groups excluding tert-OH is 1. The van der Waals surface area contributed by atoms with Crippen LogP contribution in [0.4, 0.5) is 0 Å². The molecule has 1 aliphatic heterocycles. The summed E-state index contributed by atoms with van der Waals surface area (Å²) in [5.41, 5.74) is 1.16. The van der Waals surface area contributed by atoms with E-state index in [1.165, 1.54) is 12.0 Å². The van der Waals surface area contributed by atoms with Gasteiger partial charge in [0.2, 0.25) is 0 Å². The van der Waals surface area contributed by atoms with Crippen LogP contribution in [0.15, 0.2) is 54.1 Å². The van der Waals surface area contributed by atoms with Crippen LogP contribution in [0.3, 0.4) is 0 Å². The Morgan fingerprint density at radius 3 is 2.41 bits per heavy atom. The topological polar surface area (TPSA) is 85.3 Å². The fraction of sp³-hybridized carbons (Fsp3) is 0.407. The number of aliphatic hydroxyl groups is 1. The van der Waals surface area contributed by atoms with Gasteiger partial charge in [0.05, 0.1) is 31.4 Å². The van der Waals surface area contributed by atoms with Crippen LogP contribution < -0.4 is 9.47 Å². The zero-order valence-corrected chi connectivity index (χ0v) is 20.2. The minimum absolute atomic E-state index is 0.0459. The summed E-state index contributed by atoms with van der Waals surface area (Å²) >= 11 is 0. The van der Waals surface area contributed by atoms with Crippen LogP contribution >= 0.6 is 0 Å². The summed E-state index contributed by atoms with van der Waals surface area (Å²) in [5.74, 6) is 0.0544. The summed E-state index contributed by atoms with van der Waals surface area (Å²) in [6, 6.07) is 13.4. The number of Topliss-reactive ketones (excluding diaryl/α,β-unsaturated/α-hetero) is 1. The number of nitrogens with zero attached hydrogens (tertiary/aromatic N) is 1. The van der Waals surface area contributed by atoms with Crippen LogP contribution in [-0.4, -0.2) is 55.2 Å². The van der Waals surface area contributed by atoms with Crippen LogP contribution in [0.2, 0.25) is 0 Å². The van der Waals surface area contributed by atoms with E-state index in [2.05, 4.69) is 13.8 Å². The van der Waals surface area contributed by atoms with E-state index in [1.807, 2.05) is 31.2 Å². The van der Waals surface area contributed by atoms with Gasteiger partial charge in [-0.15, -0.1) is 0 Å². The van der Waals surface area contributed by atoms with Crippen molar-refractivity contribution in [1.82, 2.24) is 4.90 Å². The number of ether oxygens (including phenoxy) is 3. The van der Waals surface area contributed by atoms with Gasteiger partial charge < -0.3 is 24.2 Å². The number of benzene rings is 2. The Hall–Kier alpha value is -3.32. The lowest BCUT2D eigenvalue weighted by Gasteiger charge is -2.25. The molecule has 0 aromatic heterocycles. The van der Waals surface area contributed by atoms with E-state index in [4.69, 9.17) is 14.2 Å². The van der Waals surface area contributed by atoms with Crippen LogP contribution in [0.5, 0.6) is 11.5 Å². The second-order valence-electron chi connectivity index (χ2n) is 8.64. The largest absolute Gasteiger partial charge is 0.507 e. The van der Waals surface area contributed by atoms with Crippen molar-refractivity contribution in [3.05, 3.63) is 65.2 Å². The maximum Gasteiger partial charge on any atom is 0.295 e. The van der Waals surface area contributed by atoms with E-state index in [9.17, 15) is 14.7 Å². The van der Waals surface area contributed by atoms with Crippen LogP contribution in [-0.2, 0) is 14.3 Å². The lowest BCUT2D eigenvalue weighted by molar-refractivity contribution is -0.140. The highest BCUT2D eigenvalue weighted by molar-refractivity contribution is 6.46. The molecular weight excluding hydrogens is 434 g/mol. The number of methoxy groups -OCH3 is 1. The third-order valence-corrected chi connectivity index (χ3v) is 5.44. The van der Waals surface area contributed by atoms with Crippen molar-refractivity contribution in [3.8, 4) is 11.5 Å². The van der Waals surface area contributed by atoms with Crippen molar-refractivity contribution >= 4 is 17.4 Å². The molecule has 34 heavy (non-hydrogen) atoms. The number of carbonyl (C=O) groups is 2. The fourth-order valence-electron chi connectivity index (χ4n) is 3.76. The van der Waals surface area contributed by atoms with Crippen LogP contribution in [0.1, 0.15) is 44.4 Å². The third-order valence-electron chi connectivity index (χ3n) is 5.44. The lowest BCUT2D eigenvalue weighted by atomic mass is 9.95. The molecule has 1 aliphatic rings. The quantitative estimate of drug-likeness (QED) is 0.296. The Kier molecular flexibility index (Phi) is 8.71. The molecular formula is C27H33NO6. The lowest BCUT2D eigenvalue weighted by Crippen LogP contribution is -2.32. The van der Waals surface area contributed by atoms with E-state index < -0.39 is 17.7 Å². The molecule has 1 atom stereocenters. The summed E-state index contributed by atoms with van der Waals surface area (Å²) in [4.78, 5) is 27.4. The molecule has 1 heterocycles. The van der Waals surface area contributed by atoms with Gasteiger partial charge in [0.15, 0.2) is 0 Å². The highest BCUT2D eigenvalue weighted by Gasteiger charge is 2.45. The zero-order chi connectivity index (χ0) is 24.7. The average Bonchev–Trinajstić information content (AvgIpc) is 3.09. The number of hydrogen-bond acceptors (Lipinski definition) is 6. The molecule has 0 bridgehead atoms. The molecule has 1 amide bonds. The Labute approximate surface area is 200 Å². The number of amides is 1. The van der Waals surface area contributed by atoms with Crippen molar-refractivity contribution in [2.75, 3.05) is 33.5 Å². The molecule has 0 spiro atoms. The summed E-state index contributed by atoms with van der Waals surface area (Å²) in [6.07, 6.45) is 0.845. The van der Waals surface area contributed by atoms with Gasteiger partial charge >= 0.3 is 0 Å². The molecule has 1 saturated heterocycles. The van der Waals surface area contributed by atoms with Crippen LogP contribution in [0, 0.1) is 5.92 Å². The molecule has 7 heteroatoms. The molecule has 7 nitrogen and oxygen atoms in total. The van der Waals surface area contributed by atoms with Gasteiger partial charge in [-0.1, -0.05) is 45.0 Å². The smallest absolute Gasteiger partial charge is 0.295 e. The van der Waals surface area contributed by atoms with Crippen LogP contribution in [0.25, 0.3) is 5.76 Å². The summed E-state index contributed by atoms with van der Waals surface area (Å²) in [7, 11) is 1.54. The van der Waals surface area contributed by atoms with Gasteiger partial charge in [-0.25, -0.2) is 0 Å². The second-order valence-corrected chi connectivity index (χ2v) is 8.64. The predicted molar refractivity (Wildman–Crippen MR) is 130 cm³/mol. The average molecular weight is 468 g/mol. The molecule has 1 N–H and O–H groups in total. The van der Waals surface area contributed by atoms with Gasteiger partial charge in [0.25, 0.3) is 11.7 Å². The molecule has 2 aromatic carbocycles. The minimum Gasteiger partial charge on any atom is -0.507 e. The standard InChI is InChI=1S/C27H33NO6/c1-5-14-33-22-8-6-7-20(16-22)25(29)23-24(28(13-15-32-4)27(31)26(23)30)19-9-11-21(12-10-19)34-17-18(2)3/h6-12,16,18,24,29H,5,13-15,17H2,1-4H3/b25-23-. The third kappa shape index (κ3) is 5.78. The molecule has 1 unspecified atom stereocenters. The number of carbonyl (C=O) groups excluding carboxylic acids is 2. The summed E-state index contributed by atoms with van der Waals surface area (Å²) < 4.78 is 16.6. The molecule has 3 rings (SSSR count). The number of rotatable bonds is 11. The number of hydrogen-bond donors (Lipinski definition) is 1. The first kappa shape index (κ1) is 25.3. The predicted octanol–water partition coefficient (Wildman–Crippen LogP) is 4.58. The maximum atomic E-state index is 13.1. The summed E-state index contributed by atoms with van der Waals surface area (Å²) in [6.45, 7) is 7.75. The molecule has 0 radical (unpaired) electrons. The SMILES string of the molecule is CCCOc1cccc(/C(O)=C2/C(=O)C(=O)N(CCOC)C2c2ccc(OCC(C)C)cc2)c1. The van der Waals surface area contributed by atoms with E-state index in [-0.39, 0.29) is 24.5 Å².